The molecule has 0 saturated heterocycles. The molecule has 1 aromatic heterocycles. The van der Waals surface area contributed by atoms with Gasteiger partial charge < -0.3 is 9.47 Å². The van der Waals surface area contributed by atoms with Crippen molar-refractivity contribution in [1.29, 1.82) is 0 Å². The van der Waals surface area contributed by atoms with E-state index in [1.807, 2.05) is 18.2 Å². The summed E-state index contributed by atoms with van der Waals surface area (Å²) >= 11 is 0. The summed E-state index contributed by atoms with van der Waals surface area (Å²) < 4.78 is 25.7. The Hall–Kier alpha value is -2.46. The van der Waals surface area contributed by atoms with Crippen molar-refractivity contribution < 1.29 is 13.9 Å². The lowest BCUT2D eigenvalue weighted by atomic mass is 10.0. The Labute approximate surface area is 180 Å². The molecule has 0 N–H and O–H groups in total. The minimum atomic E-state index is -0.257. The number of hydrogen-bond donors (Lipinski definition) is 0. The van der Waals surface area contributed by atoms with Gasteiger partial charge in [-0.2, -0.15) is 0 Å². The third-order valence-corrected chi connectivity index (χ3v) is 4.83. The first-order valence-corrected chi connectivity index (χ1v) is 10.9. The lowest BCUT2D eigenvalue weighted by molar-refractivity contribution is 0.0566. The third kappa shape index (κ3) is 8.50. The molecule has 0 bridgehead atoms. The van der Waals surface area contributed by atoms with Crippen molar-refractivity contribution in [1.82, 2.24) is 4.98 Å². The molecule has 2 rings (SSSR count). The van der Waals surface area contributed by atoms with Crippen molar-refractivity contribution in [3.63, 3.8) is 0 Å². The van der Waals surface area contributed by atoms with Crippen LogP contribution < -0.4 is 4.74 Å². The molecule has 3 nitrogen and oxygen atoms in total. The van der Waals surface area contributed by atoms with Gasteiger partial charge in [0.15, 0.2) is 0 Å². The lowest BCUT2D eigenvalue weighted by Crippen LogP contribution is -2.08. The molecule has 30 heavy (non-hydrogen) atoms. The van der Waals surface area contributed by atoms with E-state index in [2.05, 4.69) is 31.5 Å². The minimum Gasteiger partial charge on any atom is -0.473 e. The van der Waals surface area contributed by atoms with Gasteiger partial charge in [0.25, 0.3) is 0 Å². The molecule has 0 aliphatic rings. The van der Waals surface area contributed by atoms with Crippen molar-refractivity contribution >= 4 is 6.08 Å². The van der Waals surface area contributed by atoms with Crippen LogP contribution in [-0.2, 0) is 4.74 Å². The third-order valence-electron chi connectivity index (χ3n) is 4.83. The first-order chi connectivity index (χ1) is 14.6. The van der Waals surface area contributed by atoms with Crippen molar-refractivity contribution in [2.45, 2.75) is 58.5 Å². The highest BCUT2D eigenvalue weighted by Gasteiger charge is 2.07. The van der Waals surface area contributed by atoms with Crippen molar-refractivity contribution in [2.24, 2.45) is 0 Å². The second-order valence-electron chi connectivity index (χ2n) is 7.45. The molecule has 1 heterocycles. The zero-order chi connectivity index (χ0) is 21.6. The van der Waals surface area contributed by atoms with Gasteiger partial charge in [-0.05, 0) is 50.3 Å². The molecule has 0 saturated carbocycles. The topological polar surface area (TPSA) is 31.4 Å². The van der Waals surface area contributed by atoms with Gasteiger partial charge in [0.05, 0.1) is 6.10 Å². The van der Waals surface area contributed by atoms with Crippen LogP contribution in [0.15, 0.2) is 55.3 Å². The largest absolute Gasteiger partial charge is 0.473 e. The predicted molar refractivity (Wildman–Crippen MR) is 123 cm³/mol. The van der Waals surface area contributed by atoms with Crippen LogP contribution in [-0.4, -0.2) is 24.3 Å². The van der Waals surface area contributed by atoms with E-state index in [0.29, 0.717) is 24.2 Å². The number of hydrogen-bond acceptors (Lipinski definition) is 3. The second-order valence-corrected chi connectivity index (χ2v) is 7.45. The van der Waals surface area contributed by atoms with Gasteiger partial charge in [0.2, 0.25) is 5.88 Å². The second kappa shape index (κ2) is 13.7. The van der Waals surface area contributed by atoms with E-state index < -0.39 is 0 Å². The Morgan fingerprint density at radius 2 is 2.03 bits per heavy atom. The highest BCUT2D eigenvalue weighted by atomic mass is 19.1. The van der Waals surface area contributed by atoms with Crippen LogP contribution in [0.3, 0.4) is 0 Å². The van der Waals surface area contributed by atoms with Crippen molar-refractivity contribution in [3.8, 4) is 17.0 Å². The van der Waals surface area contributed by atoms with Crippen molar-refractivity contribution in [3.05, 3.63) is 66.6 Å². The summed E-state index contributed by atoms with van der Waals surface area (Å²) in [6, 6.07) is 8.83. The van der Waals surface area contributed by atoms with Crippen LogP contribution in [0.5, 0.6) is 5.88 Å². The fourth-order valence-electron chi connectivity index (χ4n) is 3.10. The number of allylic oxidation sites excluding steroid dienone is 1. The average molecular weight is 412 g/mol. The van der Waals surface area contributed by atoms with Gasteiger partial charge >= 0.3 is 0 Å². The molecule has 1 unspecified atom stereocenters. The number of ether oxygens (including phenoxy) is 2. The van der Waals surface area contributed by atoms with E-state index in [-0.39, 0.29) is 5.82 Å². The fraction of sp³-hybridized carbons (Fsp3) is 0.423. The number of halogens is 1. The van der Waals surface area contributed by atoms with Crippen LogP contribution in [0.2, 0.25) is 0 Å². The summed E-state index contributed by atoms with van der Waals surface area (Å²) in [6.07, 6.45) is 14.3. The maximum Gasteiger partial charge on any atom is 0.213 e. The molecule has 162 valence electrons. The van der Waals surface area contributed by atoms with E-state index >= 15 is 0 Å². The van der Waals surface area contributed by atoms with Gasteiger partial charge in [-0.1, -0.05) is 56.7 Å². The Bertz CT molecular complexity index is 786. The molecule has 4 heteroatoms. The standard InChI is InChI=1S/C26H34FNO2/c1-4-6-10-18-29-21(3)11-8-7-9-12-22-13-15-24(25(27)19-22)23-14-16-26(28-20-23)30-17-5-2/h5,9,12-16,19-21H,2,4,6-8,10-11,17-18H2,1,3H3/b12-9+. The molecule has 0 spiro atoms. The number of aromatic nitrogens is 1. The maximum absolute atomic E-state index is 14.6. The van der Waals surface area contributed by atoms with E-state index in [9.17, 15) is 4.39 Å². The zero-order valence-electron chi connectivity index (χ0n) is 18.3. The number of benzene rings is 1. The number of nitrogens with zero attached hydrogens (tertiary/aromatic N) is 1. The minimum absolute atomic E-state index is 0.257. The summed E-state index contributed by atoms with van der Waals surface area (Å²) in [5.74, 6) is 0.243. The van der Waals surface area contributed by atoms with Gasteiger partial charge in [0, 0.05) is 30.0 Å². The normalized spacial score (nSPS) is 12.2. The Morgan fingerprint density at radius 3 is 2.73 bits per heavy atom. The number of unbranched alkanes of at least 4 members (excludes halogenated alkanes) is 3. The monoisotopic (exact) mass is 411 g/mol. The van der Waals surface area contributed by atoms with Gasteiger partial charge in [0.1, 0.15) is 12.4 Å². The summed E-state index contributed by atoms with van der Waals surface area (Å²) in [7, 11) is 0. The SMILES string of the molecule is C=CCOc1ccc(-c2ccc(/C=C/CCCC(C)OCCCCC)cc2F)cn1. The quantitative estimate of drug-likeness (QED) is 0.243. The molecular weight excluding hydrogens is 377 g/mol. The molecular formula is C26H34FNO2. The van der Waals surface area contributed by atoms with Crippen LogP contribution in [0, 0.1) is 5.82 Å². The predicted octanol–water partition coefficient (Wildman–Crippen LogP) is 7.23. The van der Waals surface area contributed by atoms with Crippen LogP contribution in [0.1, 0.15) is 57.9 Å². The number of rotatable bonds is 14. The first-order valence-electron chi connectivity index (χ1n) is 10.9. The Balaban J connectivity index is 1.80. The lowest BCUT2D eigenvalue weighted by Gasteiger charge is -2.12. The summed E-state index contributed by atoms with van der Waals surface area (Å²) in [6.45, 7) is 9.19. The molecule has 0 fully saturated rings. The molecule has 2 aromatic rings. The smallest absolute Gasteiger partial charge is 0.213 e. The molecule has 0 aliphatic carbocycles. The molecule has 0 amide bonds. The van der Waals surface area contributed by atoms with E-state index in [4.69, 9.17) is 9.47 Å². The molecule has 0 radical (unpaired) electrons. The van der Waals surface area contributed by atoms with Gasteiger partial charge in [-0.15, -0.1) is 0 Å². The zero-order valence-corrected chi connectivity index (χ0v) is 18.3. The van der Waals surface area contributed by atoms with Crippen LogP contribution in [0.25, 0.3) is 17.2 Å². The average Bonchev–Trinajstić information content (AvgIpc) is 2.75. The summed E-state index contributed by atoms with van der Waals surface area (Å²) in [4.78, 5) is 4.21. The highest BCUT2D eigenvalue weighted by molar-refractivity contribution is 5.66. The van der Waals surface area contributed by atoms with E-state index in [1.165, 1.54) is 12.8 Å². The van der Waals surface area contributed by atoms with Crippen molar-refractivity contribution in [2.75, 3.05) is 13.2 Å². The van der Waals surface area contributed by atoms with E-state index in [1.54, 1.807) is 30.5 Å². The summed E-state index contributed by atoms with van der Waals surface area (Å²) in [5, 5.41) is 0. The molecule has 1 aromatic carbocycles. The Kier molecular flexibility index (Phi) is 10.9. The maximum atomic E-state index is 14.6. The Morgan fingerprint density at radius 1 is 1.17 bits per heavy atom. The van der Waals surface area contributed by atoms with Crippen LogP contribution >= 0.6 is 0 Å². The molecule has 1 atom stereocenters. The van der Waals surface area contributed by atoms with E-state index in [0.717, 1.165) is 43.4 Å². The molecule has 0 aliphatic heterocycles. The van der Waals surface area contributed by atoms with Gasteiger partial charge in [-0.25, -0.2) is 9.37 Å². The highest BCUT2D eigenvalue weighted by Crippen LogP contribution is 2.25. The van der Waals surface area contributed by atoms with Crippen LogP contribution in [0.4, 0.5) is 4.39 Å². The fourth-order valence-corrected chi connectivity index (χ4v) is 3.10. The first kappa shape index (κ1) is 23.8. The van der Waals surface area contributed by atoms with Gasteiger partial charge in [-0.3, -0.25) is 0 Å². The number of pyridine rings is 1. The summed E-state index contributed by atoms with van der Waals surface area (Å²) in [5.41, 5.74) is 2.12.